The highest BCUT2D eigenvalue weighted by molar-refractivity contribution is 5.80. The number of hydrogen-bond donors (Lipinski definition) is 2. The van der Waals surface area contributed by atoms with Gasteiger partial charge in [-0.15, -0.1) is 0 Å². The fourth-order valence-electron chi connectivity index (χ4n) is 4.57. The highest BCUT2D eigenvalue weighted by Gasteiger charge is 2.26. The minimum absolute atomic E-state index is 0.347. The van der Waals surface area contributed by atoms with Crippen LogP contribution >= 0.6 is 0 Å². The van der Waals surface area contributed by atoms with Crippen LogP contribution in [0.25, 0.3) is 0 Å². The number of benzene rings is 2. The number of anilines is 2. The lowest BCUT2D eigenvalue weighted by atomic mass is 10.1. The molecule has 4 rings (SSSR count). The number of aliphatic imine (C=N–C) groups is 1. The van der Waals surface area contributed by atoms with Crippen molar-refractivity contribution in [3.05, 3.63) is 48.5 Å². The van der Waals surface area contributed by atoms with Crippen molar-refractivity contribution in [1.29, 1.82) is 0 Å². The minimum Gasteiger partial charge on any atom is -0.506 e. The maximum Gasteiger partial charge on any atom is 0.193 e. The molecule has 1 atom stereocenters. The van der Waals surface area contributed by atoms with E-state index in [4.69, 9.17) is 4.74 Å². The van der Waals surface area contributed by atoms with Gasteiger partial charge in [0.25, 0.3) is 0 Å². The van der Waals surface area contributed by atoms with E-state index in [0.29, 0.717) is 11.7 Å². The van der Waals surface area contributed by atoms with Crippen LogP contribution in [0, 0.1) is 5.92 Å². The molecule has 2 aliphatic heterocycles. The van der Waals surface area contributed by atoms with Gasteiger partial charge in [-0.05, 0) is 36.6 Å². The van der Waals surface area contributed by atoms with Crippen LogP contribution in [-0.4, -0.2) is 75.9 Å². The van der Waals surface area contributed by atoms with Crippen LogP contribution in [0.5, 0.6) is 11.5 Å². The first kappa shape index (κ1) is 21.2. The summed E-state index contributed by atoms with van der Waals surface area (Å²) in [4.78, 5) is 11.5. The van der Waals surface area contributed by atoms with Crippen molar-refractivity contribution in [2.24, 2.45) is 10.9 Å². The topological polar surface area (TPSA) is 63.6 Å². The van der Waals surface area contributed by atoms with Gasteiger partial charge in [0.05, 0.1) is 18.5 Å². The maximum absolute atomic E-state index is 10.1. The summed E-state index contributed by atoms with van der Waals surface area (Å²) in [5.74, 6) is 2.82. The number of nitrogens with zero attached hydrogens (tertiary/aromatic N) is 4. The first-order valence-electron chi connectivity index (χ1n) is 11.1. The van der Waals surface area contributed by atoms with Crippen LogP contribution in [0.3, 0.4) is 0 Å². The molecule has 31 heavy (non-hydrogen) atoms. The average Bonchev–Trinajstić information content (AvgIpc) is 3.29. The van der Waals surface area contributed by atoms with E-state index in [0.717, 1.165) is 69.6 Å². The van der Waals surface area contributed by atoms with Crippen molar-refractivity contribution in [2.45, 2.75) is 6.42 Å². The number of hydrogen-bond acceptors (Lipinski definition) is 5. The Hall–Kier alpha value is -3.09. The van der Waals surface area contributed by atoms with Crippen LogP contribution in [0.15, 0.2) is 53.5 Å². The quantitative estimate of drug-likeness (QED) is 0.570. The number of guanidine groups is 1. The van der Waals surface area contributed by atoms with Crippen molar-refractivity contribution in [3.63, 3.8) is 0 Å². The Morgan fingerprint density at radius 2 is 1.71 bits per heavy atom. The van der Waals surface area contributed by atoms with Crippen LogP contribution < -0.4 is 19.9 Å². The summed E-state index contributed by atoms with van der Waals surface area (Å²) in [7, 11) is 3.59. The van der Waals surface area contributed by atoms with Crippen LogP contribution in [0.4, 0.5) is 11.4 Å². The molecule has 2 aromatic rings. The smallest absolute Gasteiger partial charge is 0.193 e. The van der Waals surface area contributed by atoms with Crippen LogP contribution in [0.2, 0.25) is 0 Å². The second kappa shape index (κ2) is 9.81. The van der Waals surface area contributed by atoms with Crippen molar-refractivity contribution >= 4 is 17.3 Å². The van der Waals surface area contributed by atoms with E-state index in [2.05, 4.69) is 37.1 Å². The molecule has 2 fully saturated rings. The summed E-state index contributed by atoms with van der Waals surface area (Å²) in [6, 6.07) is 15.8. The summed E-state index contributed by atoms with van der Waals surface area (Å²) < 4.78 is 5.53. The number of phenolic OH excluding ortho intramolecular Hbond substituents is 1. The Bertz CT molecular complexity index is 895. The molecule has 0 bridgehead atoms. The van der Waals surface area contributed by atoms with Gasteiger partial charge in [-0.2, -0.15) is 0 Å². The zero-order chi connectivity index (χ0) is 21.6. The normalized spacial score (nSPS) is 19.6. The molecule has 0 aromatic heterocycles. The summed E-state index contributed by atoms with van der Waals surface area (Å²) in [6.07, 6.45) is 1.16. The van der Waals surface area contributed by atoms with Gasteiger partial charge in [-0.25, -0.2) is 0 Å². The fourth-order valence-corrected chi connectivity index (χ4v) is 4.57. The largest absolute Gasteiger partial charge is 0.506 e. The molecule has 166 valence electrons. The third-order valence-electron chi connectivity index (χ3n) is 6.27. The Balaban J connectivity index is 1.27. The van der Waals surface area contributed by atoms with Gasteiger partial charge < -0.3 is 29.9 Å². The van der Waals surface area contributed by atoms with Gasteiger partial charge >= 0.3 is 0 Å². The predicted octanol–water partition coefficient (Wildman–Crippen LogP) is 2.62. The second-order valence-corrected chi connectivity index (χ2v) is 8.16. The summed E-state index contributed by atoms with van der Waals surface area (Å²) in [5.41, 5.74) is 2.09. The lowest BCUT2D eigenvalue weighted by Gasteiger charge is -2.38. The van der Waals surface area contributed by atoms with Gasteiger partial charge in [0.15, 0.2) is 5.96 Å². The number of rotatable bonds is 5. The van der Waals surface area contributed by atoms with E-state index in [1.807, 2.05) is 37.4 Å². The summed E-state index contributed by atoms with van der Waals surface area (Å²) in [6.45, 7) is 6.47. The molecule has 2 N–H and O–H groups in total. The number of phenols is 1. The average molecular weight is 424 g/mol. The maximum atomic E-state index is 10.1. The molecular weight excluding hydrogens is 390 g/mol. The predicted molar refractivity (Wildman–Crippen MR) is 127 cm³/mol. The lowest BCUT2D eigenvalue weighted by molar-refractivity contribution is 0.366. The number of methoxy groups -OCH3 is 1. The standard InChI is InChI=1S/C24H33N5O2/c1-25-24(28-15-13-27(14-16-28)20-7-3-5-9-22(20)30)26-17-19-11-12-29(18-19)21-8-4-6-10-23(21)31-2/h3-10,19,30H,11-18H2,1-2H3,(H,25,26). The lowest BCUT2D eigenvalue weighted by Crippen LogP contribution is -2.53. The second-order valence-electron chi connectivity index (χ2n) is 8.16. The van der Waals surface area contributed by atoms with Crippen molar-refractivity contribution in [1.82, 2.24) is 10.2 Å². The van der Waals surface area contributed by atoms with Gasteiger partial charge in [0.2, 0.25) is 0 Å². The Morgan fingerprint density at radius 3 is 2.42 bits per heavy atom. The van der Waals surface area contributed by atoms with Gasteiger partial charge in [0.1, 0.15) is 11.5 Å². The molecule has 0 amide bonds. The van der Waals surface area contributed by atoms with E-state index >= 15 is 0 Å². The first-order valence-corrected chi connectivity index (χ1v) is 11.1. The molecule has 0 aliphatic carbocycles. The molecule has 0 spiro atoms. The Kier molecular flexibility index (Phi) is 6.70. The van der Waals surface area contributed by atoms with Gasteiger partial charge in [0, 0.05) is 52.9 Å². The number of para-hydroxylation sites is 4. The third kappa shape index (κ3) is 4.81. The molecule has 0 radical (unpaired) electrons. The van der Waals surface area contributed by atoms with E-state index in [-0.39, 0.29) is 0 Å². The number of piperazine rings is 1. The molecule has 7 nitrogen and oxygen atoms in total. The first-order chi connectivity index (χ1) is 15.2. The minimum atomic E-state index is 0.347. The Labute approximate surface area is 184 Å². The number of aromatic hydroxyl groups is 1. The zero-order valence-electron chi connectivity index (χ0n) is 18.5. The molecule has 2 aromatic carbocycles. The number of ether oxygens (including phenoxy) is 1. The third-order valence-corrected chi connectivity index (χ3v) is 6.27. The van der Waals surface area contributed by atoms with E-state index in [1.54, 1.807) is 13.2 Å². The molecule has 2 saturated heterocycles. The molecule has 2 heterocycles. The van der Waals surface area contributed by atoms with Crippen molar-refractivity contribution in [3.8, 4) is 11.5 Å². The Morgan fingerprint density at radius 1 is 1.00 bits per heavy atom. The van der Waals surface area contributed by atoms with Gasteiger partial charge in [-0.3, -0.25) is 4.99 Å². The van der Waals surface area contributed by atoms with E-state index in [1.165, 1.54) is 5.69 Å². The molecule has 0 saturated carbocycles. The SMILES string of the molecule is CN=C(NCC1CCN(c2ccccc2OC)C1)N1CCN(c2ccccc2O)CC1. The molecule has 2 aliphatic rings. The van der Waals surface area contributed by atoms with E-state index in [9.17, 15) is 5.11 Å². The van der Waals surface area contributed by atoms with Crippen molar-refractivity contribution < 1.29 is 9.84 Å². The fraction of sp³-hybridized carbons (Fsp3) is 0.458. The molecule has 7 heteroatoms. The zero-order valence-corrected chi connectivity index (χ0v) is 18.5. The van der Waals surface area contributed by atoms with Crippen LogP contribution in [-0.2, 0) is 0 Å². The highest BCUT2D eigenvalue weighted by atomic mass is 16.5. The van der Waals surface area contributed by atoms with E-state index < -0.39 is 0 Å². The van der Waals surface area contributed by atoms with Gasteiger partial charge in [-0.1, -0.05) is 24.3 Å². The molecular formula is C24H33N5O2. The monoisotopic (exact) mass is 423 g/mol. The summed E-state index contributed by atoms with van der Waals surface area (Å²) in [5, 5.41) is 13.7. The number of nitrogens with one attached hydrogen (secondary N) is 1. The van der Waals surface area contributed by atoms with Crippen LogP contribution in [0.1, 0.15) is 6.42 Å². The van der Waals surface area contributed by atoms with Crippen molar-refractivity contribution in [2.75, 3.05) is 69.8 Å². The highest BCUT2D eigenvalue weighted by Crippen LogP contribution is 2.32. The summed E-state index contributed by atoms with van der Waals surface area (Å²) >= 11 is 0. The molecule has 1 unspecified atom stereocenters.